The van der Waals surface area contributed by atoms with Crippen molar-refractivity contribution < 1.29 is 27.4 Å². The fourth-order valence-electron chi connectivity index (χ4n) is 3.46. The van der Waals surface area contributed by atoms with E-state index in [1.165, 1.54) is 0 Å². The number of rotatable bonds is 6. The Labute approximate surface area is 179 Å². The van der Waals surface area contributed by atoms with Crippen molar-refractivity contribution in [2.24, 2.45) is 0 Å². The Bertz CT molecular complexity index is 970. The predicted octanol–water partition coefficient (Wildman–Crippen LogP) is 5.10. The van der Waals surface area contributed by atoms with E-state index in [1.807, 2.05) is 47.8 Å². The Morgan fingerprint density at radius 3 is 2.58 bits per heavy atom. The molecule has 1 saturated carbocycles. The first kappa shape index (κ1) is 22.5. The van der Waals surface area contributed by atoms with Crippen LogP contribution in [-0.4, -0.2) is 31.8 Å². The third kappa shape index (κ3) is 6.17. The number of ether oxygens (including phenoxy) is 2. The molecule has 0 heterocycles. The Kier molecular flexibility index (Phi) is 7.45. The standard InChI is InChI=1S/C24H24F3NO3/c1-30-21-14-13-18(16-22(21)31-19-10-3-4-11-19)20-12-5-2-8-17(20)9-6-7-15-28-23(29)24(25,26)27/h2,5,8,12-14,16,19H,3-4,7,10-11,15H2,1H3,(H,28,29). The second kappa shape index (κ2) is 10.3. The van der Waals surface area contributed by atoms with E-state index in [0.717, 1.165) is 42.4 Å². The van der Waals surface area contributed by atoms with Crippen molar-refractivity contribution in [2.45, 2.75) is 44.4 Å². The van der Waals surface area contributed by atoms with E-state index in [1.54, 1.807) is 7.11 Å². The van der Waals surface area contributed by atoms with Crippen molar-refractivity contribution >= 4 is 5.91 Å². The molecule has 4 nitrogen and oxygen atoms in total. The van der Waals surface area contributed by atoms with Crippen LogP contribution in [-0.2, 0) is 4.79 Å². The number of benzene rings is 2. The SMILES string of the molecule is COc1ccc(-c2ccccc2C#CCCNC(=O)C(F)(F)F)cc1OC1CCCC1. The lowest BCUT2D eigenvalue weighted by Gasteiger charge is -2.17. The van der Waals surface area contributed by atoms with Crippen molar-refractivity contribution in [1.29, 1.82) is 0 Å². The second-order valence-electron chi connectivity index (χ2n) is 7.24. The number of hydrogen-bond donors (Lipinski definition) is 1. The molecule has 0 radical (unpaired) electrons. The summed E-state index contributed by atoms with van der Waals surface area (Å²) in [5.74, 6) is 5.21. The number of alkyl halides is 3. The number of methoxy groups -OCH3 is 1. The highest BCUT2D eigenvalue weighted by Gasteiger charge is 2.38. The van der Waals surface area contributed by atoms with Crippen LogP contribution in [0, 0.1) is 11.8 Å². The van der Waals surface area contributed by atoms with E-state index in [2.05, 4.69) is 11.8 Å². The van der Waals surface area contributed by atoms with Gasteiger partial charge in [-0.2, -0.15) is 13.2 Å². The lowest BCUT2D eigenvalue weighted by molar-refractivity contribution is -0.173. The van der Waals surface area contributed by atoms with Gasteiger partial charge in [0.05, 0.1) is 13.2 Å². The summed E-state index contributed by atoms with van der Waals surface area (Å²) in [6, 6.07) is 13.2. The van der Waals surface area contributed by atoms with Crippen LogP contribution in [0.15, 0.2) is 42.5 Å². The minimum absolute atomic E-state index is 0.106. The van der Waals surface area contributed by atoms with Crippen LogP contribution in [0.3, 0.4) is 0 Å². The lowest BCUT2D eigenvalue weighted by Crippen LogP contribution is -2.37. The number of nitrogens with one attached hydrogen (secondary N) is 1. The van der Waals surface area contributed by atoms with Gasteiger partial charge in [0, 0.05) is 18.5 Å². The largest absolute Gasteiger partial charge is 0.493 e. The van der Waals surface area contributed by atoms with Crippen LogP contribution in [0.25, 0.3) is 11.1 Å². The second-order valence-corrected chi connectivity index (χ2v) is 7.24. The fourth-order valence-corrected chi connectivity index (χ4v) is 3.46. The summed E-state index contributed by atoms with van der Waals surface area (Å²) in [6.45, 7) is -0.171. The molecule has 2 aromatic rings. The average Bonchev–Trinajstić information content (AvgIpc) is 3.26. The zero-order valence-corrected chi connectivity index (χ0v) is 17.2. The molecule has 0 atom stereocenters. The summed E-state index contributed by atoms with van der Waals surface area (Å²) in [7, 11) is 1.60. The van der Waals surface area contributed by atoms with Crippen LogP contribution < -0.4 is 14.8 Å². The molecule has 1 amide bonds. The summed E-state index contributed by atoms with van der Waals surface area (Å²) in [4.78, 5) is 10.8. The molecule has 1 aliphatic carbocycles. The maximum Gasteiger partial charge on any atom is 0.471 e. The fraction of sp³-hybridized carbons (Fsp3) is 0.375. The van der Waals surface area contributed by atoms with Crippen molar-refractivity contribution in [3.8, 4) is 34.5 Å². The van der Waals surface area contributed by atoms with E-state index in [4.69, 9.17) is 9.47 Å². The van der Waals surface area contributed by atoms with Gasteiger partial charge in [-0.15, -0.1) is 0 Å². The highest BCUT2D eigenvalue weighted by Crippen LogP contribution is 2.36. The number of amides is 1. The molecule has 0 aromatic heterocycles. The molecule has 1 aliphatic rings. The Hall–Kier alpha value is -3.14. The molecule has 0 spiro atoms. The molecule has 7 heteroatoms. The predicted molar refractivity (Wildman–Crippen MR) is 112 cm³/mol. The zero-order chi connectivity index (χ0) is 22.3. The highest BCUT2D eigenvalue weighted by molar-refractivity contribution is 5.81. The van der Waals surface area contributed by atoms with E-state index in [9.17, 15) is 18.0 Å². The maximum absolute atomic E-state index is 12.2. The van der Waals surface area contributed by atoms with Gasteiger partial charge >= 0.3 is 12.1 Å². The number of carbonyl (C=O) groups excluding carboxylic acids is 1. The third-order valence-electron chi connectivity index (χ3n) is 5.01. The molecule has 2 aromatic carbocycles. The molecule has 31 heavy (non-hydrogen) atoms. The van der Waals surface area contributed by atoms with Gasteiger partial charge in [-0.05, 0) is 55.0 Å². The van der Waals surface area contributed by atoms with E-state index < -0.39 is 12.1 Å². The van der Waals surface area contributed by atoms with Crippen LogP contribution in [0.5, 0.6) is 11.5 Å². The lowest BCUT2D eigenvalue weighted by atomic mass is 9.99. The molecule has 0 aliphatic heterocycles. The van der Waals surface area contributed by atoms with Gasteiger partial charge in [-0.3, -0.25) is 4.79 Å². The van der Waals surface area contributed by atoms with Crippen LogP contribution in [0.4, 0.5) is 13.2 Å². The van der Waals surface area contributed by atoms with Gasteiger partial charge < -0.3 is 14.8 Å². The van der Waals surface area contributed by atoms with Crippen LogP contribution in [0.1, 0.15) is 37.7 Å². The topological polar surface area (TPSA) is 47.6 Å². The third-order valence-corrected chi connectivity index (χ3v) is 5.01. The normalized spacial score (nSPS) is 13.9. The summed E-state index contributed by atoms with van der Waals surface area (Å²) in [5.41, 5.74) is 2.53. The van der Waals surface area contributed by atoms with Crippen LogP contribution in [0.2, 0.25) is 0 Å². The summed E-state index contributed by atoms with van der Waals surface area (Å²) in [5, 5.41) is 1.81. The van der Waals surface area contributed by atoms with Gasteiger partial charge in [0.1, 0.15) is 0 Å². The minimum Gasteiger partial charge on any atom is -0.493 e. The zero-order valence-electron chi connectivity index (χ0n) is 17.2. The first-order valence-electron chi connectivity index (χ1n) is 10.2. The molecule has 1 fully saturated rings. The molecule has 164 valence electrons. The number of carbonyl (C=O) groups is 1. The summed E-state index contributed by atoms with van der Waals surface area (Å²) in [6.07, 6.45) is -0.211. The van der Waals surface area contributed by atoms with Crippen molar-refractivity contribution in [3.63, 3.8) is 0 Å². The monoisotopic (exact) mass is 431 g/mol. The number of hydrogen-bond acceptors (Lipinski definition) is 3. The Morgan fingerprint density at radius 2 is 1.87 bits per heavy atom. The first-order valence-corrected chi connectivity index (χ1v) is 10.2. The van der Waals surface area contributed by atoms with Crippen LogP contribution >= 0.6 is 0 Å². The van der Waals surface area contributed by atoms with Gasteiger partial charge in [0.25, 0.3) is 0 Å². The van der Waals surface area contributed by atoms with Crippen molar-refractivity contribution in [1.82, 2.24) is 5.32 Å². The van der Waals surface area contributed by atoms with E-state index >= 15 is 0 Å². The maximum atomic E-state index is 12.2. The molecule has 0 unspecified atom stereocenters. The van der Waals surface area contributed by atoms with Gasteiger partial charge in [0.2, 0.25) is 0 Å². The molecule has 0 bridgehead atoms. The molecule has 0 saturated heterocycles. The average molecular weight is 431 g/mol. The van der Waals surface area contributed by atoms with E-state index in [0.29, 0.717) is 11.5 Å². The minimum atomic E-state index is -4.88. The van der Waals surface area contributed by atoms with Crippen molar-refractivity contribution in [2.75, 3.05) is 13.7 Å². The molecule has 3 rings (SSSR count). The number of halogens is 3. The molecular formula is C24H24F3NO3. The first-order chi connectivity index (χ1) is 14.9. The highest BCUT2D eigenvalue weighted by atomic mass is 19.4. The van der Waals surface area contributed by atoms with E-state index in [-0.39, 0.29) is 19.1 Å². The Morgan fingerprint density at radius 1 is 1.13 bits per heavy atom. The Balaban J connectivity index is 1.75. The van der Waals surface area contributed by atoms with Gasteiger partial charge in [-0.25, -0.2) is 0 Å². The molecule has 1 N–H and O–H groups in total. The van der Waals surface area contributed by atoms with Gasteiger partial charge in [-0.1, -0.05) is 36.1 Å². The van der Waals surface area contributed by atoms with Gasteiger partial charge in [0.15, 0.2) is 11.5 Å². The summed E-state index contributed by atoms with van der Waals surface area (Å²) < 4.78 is 48.2. The quantitative estimate of drug-likeness (QED) is 0.511. The molecular weight excluding hydrogens is 407 g/mol. The smallest absolute Gasteiger partial charge is 0.471 e. The summed E-state index contributed by atoms with van der Waals surface area (Å²) >= 11 is 0. The van der Waals surface area contributed by atoms with Crippen molar-refractivity contribution in [3.05, 3.63) is 48.0 Å².